The molecule has 19 heavy (non-hydrogen) atoms. The predicted octanol–water partition coefficient (Wildman–Crippen LogP) is 2.76. The molecule has 0 aliphatic heterocycles. The van der Waals surface area contributed by atoms with Gasteiger partial charge in [0, 0.05) is 26.4 Å². The molecule has 0 aromatic carbocycles. The largest absolute Gasteiger partial charge is 0.355 e. The van der Waals surface area contributed by atoms with Crippen LogP contribution < -0.4 is 5.73 Å². The summed E-state index contributed by atoms with van der Waals surface area (Å²) in [6.07, 6.45) is 3.16. The van der Waals surface area contributed by atoms with Gasteiger partial charge < -0.3 is 24.7 Å². The second-order valence-corrected chi connectivity index (χ2v) is 3.66. The van der Waals surface area contributed by atoms with Crippen molar-refractivity contribution >= 4 is 24.0 Å². The van der Waals surface area contributed by atoms with E-state index in [-0.39, 0.29) is 24.0 Å². The first-order chi connectivity index (χ1) is 8.83. The molecule has 6 heteroatoms. The summed E-state index contributed by atoms with van der Waals surface area (Å²) < 4.78 is 20.1. The van der Waals surface area contributed by atoms with Crippen LogP contribution in [0.3, 0.4) is 0 Å². The van der Waals surface area contributed by atoms with Gasteiger partial charge in [0.2, 0.25) is 0 Å². The first-order valence-electron chi connectivity index (χ1n) is 6.84. The Morgan fingerprint density at radius 3 is 1.21 bits per heavy atom. The first kappa shape index (κ1) is 24.5. The van der Waals surface area contributed by atoms with Gasteiger partial charge in [-0.1, -0.05) is 20.8 Å². The van der Waals surface area contributed by atoms with Crippen LogP contribution in [-0.4, -0.2) is 46.6 Å². The molecule has 0 aliphatic carbocycles. The maximum atomic E-state index is 5.16. The summed E-state index contributed by atoms with van der Waals surface area (Å²) >= 11 is 0. The fraction of sp³-hybridized carbons (Fsp3) is 1.00. The molecule has 0 unspecified atom stereocenters. The Hall–Kier alpha value is 0.530. The van der Waals surface area contributed by atoms with Crippen LogP contribution >= 0.6 is 24.0 Å². The maximum absolute atomic E-state index is 5.16. The summed E-state index contributed by atoms with van der Waals surface area (Å²) in [5, 5.41) is 0. The fourth-order valence-electron chi connectivity index (χ4n) is 0.870. The molecule has 120 valence electrons. The van der Waals surface area contributed by atoms with Crippen LogP contribution in [0.1, 0.15) is 40.0 Å². The Kier molecular flexibility index (Phi) is 34.8. The van der Waals surface area contributed by atoms with E-state index < -0.39 is 0 Å². The molecule has 0 atom stereocenters. The Balaban J connectivity index is -0.000000256. The van der Waals surface area contributed by atoms with E-state index in [4.69, 9.17) is 24.7 Å². The van der Waals surface area contributed by atoms with Crippen LogP contribution in [0.25, 0.3) is 0 Å². The normalized spacial score (nSPS) is 9.47. The van der Waals surface area contributed by atoms with Gasteiger partial charge in [-0.25, -0.2) is 0 Å². The van der Waals surface area contributed by atoms with Crippen LogP contribution in [0.4, 0.5) is 0 Å². The monoisotopic (exact) mass is 393 g/mol. The summed E-state index contributed by atoms with van der Waals surface area (Å²) in [4.78, 5) is 0. The van der Waals surface area contributed by atoms with Gasteiger partial charge in [-0.15, -0.1) is 24.0 Å². The fourth-order valence-corrected chi connectivity index (χ4v) is 0.870. The lowest BCUT2D eigenvalue weighted by Crippen LogP contribution is -2.10. The zero-order valence-corrected chi connectivity index (χ0v) is 15.0. The third-order valence-corrected chi connectivity index (χ3v) is 1.64. The predicted molar refractivity (Wildman–Crippen MR) is 88.9 cm³/mol. The highest BCUT2D eigenvalue weighted by atomic mass is 127. The minimum Gasteiger partial charge on any atom is -0.355 e. The Morgan fingerprint density at radius 1 is 0.632 bits per heavy atom. The molecule has 0 saturated carbocycles. The number of hydrogen-bond acceptors (Lipinski definition) is 5. The van der Waals surface area contributed by atoms with Crippen LogP contribution in [0.2, 0.25) is 0 Å². The SMILES string of the molecule is CCCOCOCCC.CCCOCOCCN.I. The van der Waals surface area contributed by atoms with E-state index in [2.05, 4.69) is 20.8 Å². The van der Waals surface area contributed by atoms with Crippen molar-refractivity contribution in [3.05, 3.63) is 0 Å². The number of halogens is 1. The lowest BCUT2D eigenvalue weighted by molar-refractivity contribution is -0.0531. The summed E-state index contributed by atoms with van der Waals surface area (Å²) in [6, 6.07) is 0. The molecule has 0 rings (SSSR count). The lowest BCUT2D eigenvalue weighted by atomic mass is 10.5. The zero-order valence-electron chi connectivity index (χ0n) is 12.7. The Bertz CT molecular complexity index is 105. The summed E-state index contributed by atoms with van der Waals surface area (Å²) in [7, 11) is 0. The summed E-state index contributed by atoms with van der Waals surface area (Å²) in [5.74, 6) is 0. The second-order valence-electron chi connectivity index (χ2n) is 3.66. The van der Waals surface area contributed by atoms with Crippen molar-refractivity contribution in [3.8, 4) is 0 Å². The van der Waals surface area contributed by atoms with E-state index in [0.29, 0.717) is 26.7 Å². The topological polar surface area (TPSA) is 62.9 Å². The van der Waals surface area contributed by atoms with Gasteiger partial charge in [-0.3, -0.25) is 0 Å². The highest BCUT2D eigenvalue weighted by Gasteiger charge is 1.84. The third-order valence-electron chi connectivity index (χ3n) is 1.64. The first-order valence-corrected chi connectivity index (χ1v) is 6.84. The standard InChI is InChI=1S/C7H16O2.C6H15NO2.HI/c1-3-5-8-7-9-6-4-2;1-2-4-8-6-9-5-3-7;/h3-7H2,1-2H3;2-7H2,1H3;1H. The number of ether oxygens (including phenoxy) is 4. The van der Waals surface area contributed by atoms with E-state index >= 15 is 0 Å². The molecule has 0 fully saturated rings. The molecular weight excluding hydrogens is 361 g/mol. The molecule has 0 saturated heterocycles. The average molecular weight is 393 g/mol. The van der Waals surface area contributed by atoms with Crippen molar-refractivity contribution in [2.45, 2.75) is 40.0 Å². The number of rotatable bonds is 12. The van der Waals surface area contributed by atoms with Crippen molar-refractivity contribution in [3.63, 3.8) is 0 Å². The van der Waals surface area contributed by atoms with E-state index in [9.17, 15) is 0 Å². The molecule has 0 bridgehead atoms. The van der Waals surface area contributed by atoms with Crippen molar-refractivity contribution in [2.75, 3.05) is 46.6 Å². The lowest BCUT2D eigenvalue weighted by Gasteiger charge is -2.01. The van der Waals surface area contributed by atoms with Crippen LogP contribution in [0.15, 0.2) is 0 Å². The molecule has 0 radical (unpaired) electrons. The number of hydrogen-bond donors (Lipinski definition) is 1. The highest BCUT2D eigenvalue weighted by molar-refractivity contribution is 14.0. The van der Waals surface area contributed by atoms with E-state index in [1.54, 1.807) is 0 Å². The van der Waals surface area contributed by atoms with Crippen LogP contribution in [0.5, 0.6) is 0 Å². The summed E-state index contributed by atoms with van der Waals surface area (Å²) in [5.41, 5.74) is 5.16. The van der Waals surface area contributed by atoms with Crippen LogP contribution in [-0.2, 0) is 18.9 Å². The van der Waals surface area contributed by atoms with Gasteiger partial charge in [0.1, 0.15) is 13.6 Å². The second kappa shape index (κ2) is 27.0. The maximum Gasteiger partial charge on any atom is 0.146 e. The van der Waals surface area contributed by atoms with Crippen molar-refractivity contribution < 1.29 is 18.9 Å². The van der Waals surface area contributed by atoms with Crippen molar-refractivity contribution in [2.24, 2.45) is 5.73 Å². The van der Waals surface area contributed by atoms with E-state index in [0.717, 1.165) is 39.1 Å². The average Bonchev–Trinajstić information content (AvgIpc) is 2.39. The van der Waals surface area contributed by atoms with Gasteiger partial charge in [-0.05, 0) is 19.3 Å². The molecule has 0 spiro atoms. The quantitative estimate of drug-likeness (QED) is 0.314. The minimum absolute atomic E-state index is 0. The molecule has 5 nitrogen and oxygen atoms in total. The molecule has 0 aromatic heterocycles. The highest BCUT2D eigenvalue weighted by Crippen LogP contribution is 1.83. The van der Waals surface area contributed by atoms with Crippen molar-refractivity contribution in [1.82, 2.24) is 0 Å². The van der Waals surface area contributed by atoms with Gasteiger partial charge in [0.15, 0.2) is 0 Å². The summed E-state index contributed by atoms with van der Waals surface area (Å²) in [6.45, 7) is 10.6. The van der Waals surface area contributed by atoms with Gasteiger partial charge in [0.25, 0.3) is 0 Å². The zero-order chi connectivity index (χ0) is 13.9. The minimum atomic E-state index is 0. The molecule has 0 aromatic rings. The molecule has 2 N–H and O–H groups in total. The van der Waals surface area contributed by atoms with Crippen LogP contribution in [0, 0.1) is 0 Å². The molecule has 0 amide bonds. The van der Waals surface area contributed by atoms with Gasteiger partial charge in [0.05, 0.1) is 6.61 Å². The third kappa shape index (κ3) is 32.2. The van der Waals surface area contributed by atoms with E-state index in [1.807, 2.05) is 0 Å². The molecular formula is C13H32INO4. The van der Waals surface area contributed by atoms with Gasteiger partial charge in [-0.2, -0.15) is 0 Å². The van der Waals surface area contributed by atoms with E-state index in [1.165, 1.54) is 0 Å². The van der Waals surface area contributed by atoms with Crippen molar-refractivity contribution in [1.29, 1.82) is 0 Å². The molecule has 0 aliphatic rings. The smallest absolute Gasteiger partial charge is 0.146 e. The Morgan fingerprint density at radius 2 is 0.947 bits per heavy atom. The van der Waals surface area contributed by atoms with Gasteiger partial charge >= 0.3 is 0 Å². The number of nitrogens with two attached hydrogens (primary N) is 1. The molecule has 0 heterocycles. The Labute approximate surface area is 135 Å².